The van der Waals surface area contributed by atoms with Crippen LogP contribution in [0.5, 0.6) is 0 Å². The largest absolute Gasteiger partial charge is 0.342 e. The van der Waals surface area contributed by atoms with Gasteiger partial charge < -0.3 is 4.57 Å². The first-order chi connectivity index (χ1) is 18.6. The summed E-state index contributed by atoms with van der Waals surface area (Å²) in [5.74, 6) is 0.119. The van der Waals surface area contributed by atoms with Crippen molar-refractivity contribution in [1.29, 1.82) is 0 Å². The number of nitrogens with zero attached hydrogens (tertiary/aromatic N) is 3. The van der Waals surface area contributed by atoms with Crippen molar-refractivity contribution in [1.82, 2.24) is 9.47 Å². The zero-order valence-electron chi connectivity index (χ0n) is 21.5. The van der Waals surface area contributed by atoms with Gasteiger partial charge in [0.15, 0.2) is 5.17 Å². The summed E-state index contributed by atoms with van der Waals surface area (Å²) in [6.45, 7) is 0.628. The van der Waals surface area contributed by atoms with Crippen LogP contribution in [-0.2, 0) is 11.3 Å². The molecule has 1 aliphatic heterocycles. The van der Waals surface area contributed by atoms with Gasteiger partial charge in [-0.25, -0.2) is 0 Å². The molecule has 0 unspecified atom stereocenters. The standard InChI is InChI=1S/C31H33Cl2N3OS/c32-23-16-15-21(27(33)18-23)19-35-20-22(26-13-7-8-14-28(26)35)17-29-30(37)36(25-11-5-2-6-12-25)31(38-29)34-24-9-3-1-4-10-24/h7-8,13-18,20,24-25H,1-6,9-12,19H2. The minimum Gasteiger partial charge on any atom is -0.342 e. The number of rotatable bonds is 5. The molecule has 7 heteroatoms. The molecule has 3 aromatic rings. The van der Waals surface area contributed by atoms with Gasteiger partial charge in [0.1, 0.15) is 0 Å². The molecule has 3 aliphatic rings. The lowest BCUT2D eigenvalue weighted by molar-refractivity contribution is -0.124. The monoisotopic (exact) mass is 565 g/mol. The maximum atomic E-state index is 13.9. The summed E-state index contributed by atoms with van der Waals surface area (Å²) in [5, 5.41) is 3.34. The van der Waals surface area contributed by atoms with Crippen LogP contribution in [0.3, 0.4) is 0 Å². The molecule has 2 heterocycles. The Balaban J connectivity index is 1.35. The predicted octanol–water partition coefficient (Wildman–Crippen LogP) is 8.93. The van der Waals surface area contributed by atoms with Crippen molar-refractivity contribution in [2.24, 2.45) is 4.99 Å². The van der Waals surface area contributed by atoms with Gasteiger partial charge in [-0.3, -0.25) is 14.7 Å². The van der Waals surface area contributed by atoms with Crippen molar-refractivity contribution in [2.75, 3.05) is 0 Å². The minimum atomic E-state index is 0.119. The highest BCUT2D eigenvalue weighted by Gasteiger charge is 2.39. The number of fused-ring (bicyclic) bond motifs is 1. The summed E-state index contributed by atoms with van der Waals surface area (Å²) in [5.41, 5.74) is 3.16. The Hall–Kier alpha value is -2.21. The maximum absolute atomic E-state index is 13.9. The van der Waals surface area contributed by atoms with E-state index < -0.39 is 0 Å². The van der Waals surface area contributed by atoms with Crippen LogP contribution < -0.4 is 0 Å². The Labute approximate surface area is 239 Å². The number of carbonyl (C=O) groups is 1. The van der Waals surface area contributed by atoms with Crippen LogP contribution in [0.4, 0.5) is 0 Å². The molecule has 38 heavy (non-hydrogen) atoms. The van der Waals surface area contributed by atoms with E-state index in [1.807, 2.05) is 12.1 Å². The average molecular weight is 567 g/mol. The van der Waals surface area contributed by atoms with Crippen LogP contribution in [0.25, 0.3) is 17.0 Å². The lowest BCUT2D eigenvalue weighted by Crippen LogP contribution is -2.41. The van der Waals surface area contributed by atoms with Gasteiger partial charge >= 0.3 is 0 Å². The molecule has 0 bridgehead atoms. The highest BCUT2D eigenvalue weighted by molar-refractivity contribution is 8.18. The first kappa shape index (κ1) is 26.0. The average Bonchev–Trinajstić information content (AvgIpc) is 3.43. The number of para-hydroxylation sites is 1. The number of hydrogen-bond donors (Lipinski definition) is 0. The molecule has 0 atom stereocenters. The highest BCUT2D eigenvalue weighted by atomic mass is 35.5. The summed E-state index contributed by atoms with van der Waals surface area (Å²) in [4.78, 5) is 21.9. The van der Waals surface area contributed by atoms with Crippen molar-refractivity contribution >= 4 is 63.0 Å². The molecule has 198 valence electrons. The number of thioether (sulfide) groups is 1. The molecule has 1 amide bonds. The van der Waals surface area contributed by atoms with E-state index in [1.54, 1.807) is 17.8 Å². The quantitative estimate of drug-likeness (QED) is 0.289. The van der Waals surface area contributed by atoms with Crippen molar-refractivity contribution in [3.8, 4) is 0 Å². The second kappa shape index (κ2) is 11.5. The van der Waals surface area contributed by atoms with Gasteiger partial charge in [0.05, 0.1) is 10.9 Å². The molecule has 6 rings (SSSR count). The topological polar surface area (TPSA) is 37.6 Å². The van der Waals surface area contributed by atoms with Gasteiger partial charge in [-0.1, -0.05) is 86.0 Å². The Morgan fingerprint density at radius 3 is 2.45 bits per heavy atom. The predicted molar refractivity (Wildman–Crippen MR) is 161 cm³/mol. The van der Waals surface area contributed by atoms with Gasteiger partial charge in [-0.05, 0) is 67.3 Å². The fourth-order valence-electron chi connectivity index (χ4n) is 6.10. The van der Waals surface area contributed by atoms with Crippen LogP contribution in [0.15, 0.2) is 58.6 Å². The summed E-state index contributed by atoms with van der Waals surface area (Å²) < 4.78 is 2.21. The maximum Gasteiger partial charge on any atom is 0.267 e. The van der Waals surface area contributed by atoms with E-state index in [0.717, 1.165) is 57.8 Å². The minimum absolute atomic E-state index is 0.119. The van der Waals surface area contributed by atoms with Gasteiger partial charge in [0.2, 0.25) is 0 Å². The second-order valence-electron chi connectivity index (χ2n) is 10.7. The molecule has 1 saturated heterocycles. The normalized spacial score (nSPS) is 21.8. The second-order valence-corrected chi connectivity index (χ2v) is 12.6. The number of aliphatic imine (C=N–C) groups is 1. The van der Waals surface area contributed by atoms with E-state index in [0.29, 0.717) is 22.6 Å². The lowest BCUT2D eigenvalue weighted by Gasteiger charge is -2.31. The number of amidine groups is 1. The van der Waals surface area contributed by atoms with Crippen molar-refractivity contribution < 1.29 is 4.79 Å². The molecule has 4 nitrogen and oxygen atoms in total. The summed E-state index contributed by atoms with van der Waals surface area (Å²) in [6.07, 6.45) is 16.1. The third-order valence-corrected chi connectivity index (χ3v) is 9.69. The molecule has 2 aliphatic carbocycles. The number of amides is 1. The van der Waals surface area contributed by atoms with Crippen LogP contribution in [-0.4, -0.2) is 32.6 Å². The summed E-state index contributed by atoms with van der Waals surface area (Å²) >= 11 is 14.2. The Kier molecular flexibility index (Phi) is 7.87. The van der Waals surface area contributed by atoms with Crippen LogP contribution in [0, 0.1) is 0 Å². The van der Waals surface area contributed by atoms with Crippen molar-refractivity contribution in [3.05, 3.63) is 74.7 Å². The van der Waals surface area contributed by atoms with Gasteiger partial charge in [0, 0.05) is 45.3 Å². The fourth-order valence-corrected chi connectivity index (χ4v) is 7.67. The third kappa shape index (κ3) is 5.43. The Bertz CT molecular complexity index is 1400. The molecule has 3 fully saturated rings. The van der Waals surface area contributed by atoms with Crippen LogP contribution in [0.1, 0.15) is 75.3 Å². The number of aromatic nitrogens is 1. The molecule has 2 aromatic carbocycles. The number of carbonyl (C=O) groups excluding carboxylic acids is 1. The van der Waals surface area contributed by atoms with E-state index >= 15 is 0 Å². The first-order valence-corrected chi connectivity index (χ1v) is 15.5. The Morgan fingerprint density at radius 1 is 0.947 bits per heavy atom. The van der Waals surface area contributed by atoms with Crippen molar-refractivity contribution in [2.45, 2.75) is 82.8 Å². The van der Waals surface area contributed by atoms with E-state index in [4.69, 9.17) is 28.2 Å². The SMILES string of the molecule is O=C1C(=Cc2cn(Cc3ccc(Cl)cc3Cl)c3ccccc23)SC(=NC2CCCCC2)N1C1CCCCC1. The van der Waals surface area contributed by atoms with E-state index in [2.05, 4.69) is 46.0 Å². The molecule has 0 N–H and O–H groups in total. The summed E-state index contributed by atoms with van der Waals surface area (Å²) in [6, 6.07) is 14.6. The molecule has 2 saturated carbocycles. The van der Waals surface area contributed by atoms with E-state index in [1.165, 1.54) is 38.5 Å². The van der Waals surface area contributed by atoms with Gasteiger partial charge in [-0.2, -0.15) is 0 Å². The molecule has 0 radical (unpaired) electrons. The zero-order chi connectivity index (χ0) is 26.1. The van der Waals surface area contributed by atoms with E-state index in [9.17, 15) is 4.79 Å². The van der Waals surface area contributed by atoms with Crippen LogP contribution in [0.2, 0.25) is 10.0 Å². The zero-order valence-corrected chi connectivity index (χ0v) is 23.9. The number of hydrogen-bond acceptors (Lipinski definition) is 3. The van der Waals surface area contributed by atoms with Crippen molar-refractivity contribution in [3.63, 3.8) is 0 Å². The smallest absolute Gasteiger partial charge is 0.267 e. The van der Waals surface area contributed by atoms with Gasteiger partial charge in [-0.15, -0.1) is 0 Å². The van der Waals surface area contributed by atoms with E-state index in [-0.39, 0.29) is 11.9 Å². The lowest BCUT2D eigenvalue weighted by atomic mass is 9.94. The molecular formula is C31H33Cl2N3OS. The summed E-state index contributed by atoms with van der Waals surface area (Å²) in [7, 11) is 0. The molecular weight excluding hydrogens is 533 g/mol. The molecule has 0 spiro atoms. The first-order valence-electron chi connectivity index (χ1n) is 13.9. The Morgan fingerprint density at radius 2 is 1.68 bits per heavy atom. The fraction of sp³-hybridized carbons (Fsp3) is 0.419. The number of halogens is 2. The van der Waals surface area contributed by atoms with Gasteiger partial charge in [0.25, 0.3) is 5.91 Å². The number of benzene rings is 2. The third-order valence-electron chi connectivity index (χ3n) is 8.11. The highest BCUT2D eigenvalue weighted by Crippen LogP contribution is 2.39. The van der Waals surface area contributed by atoms with Crippen LogP contribution >= 0.6 is 35.0 Å². The molecule has 1 aromatic heterocycles.